The standard InChI is InChI=1S/C19H33BrN2O2SSi/c1-18(2,3)24-17(23)22-11-9-13(10-12-22)14-15(20)21-16(25-14)26(7,8)19(4,5)6/h13H,9-12H2,1-8H3. The summed E-state index contributed by atoms with van der Waals surface area (Å²) in [4.78, 5) is 20.4. The molecule has 2 rings (SSSR count). The van der Waals surface area contributed by atoms with Gasteiger partial charge in [0.05, 0.1) is 4.63 Å². The fourth-order valence-corrected chi connectivity index (χ4v) is 8.01. The van der Waals surface area contributed by atoms with Crippen LogP contribution in [-0.2, 0) is 4.74 Å². The van der Waals surface area contributed by atoms with Crippen molar-refractivity contribution in [3.63, 3.8) is 0 Å². The zero-order valence-corrected chi connectivity index (χ0v) is 20.8. The number of rotatable bonds is 2. The molecule has 1 aliphatic heterocycles. The molecule has 1 aliphatic rings. The molecule has 1 aromatic rings. The van der Waals surface area contributed by atoms with Crippen LogP contribution >= 0.6 is 27.3 Å². The monoisotopic (exact) mass is 460 g/mol. The number of piperidine rings is 1. The molecule has 148 valence electrons. The van der Waals surface area contributed by atoms with Crippen molar-refractivity contribution < 1.29 is 9.53 Å². The zero-order chi connectivity index (χ0) is 19.9. The number of amides is 1. The lowest BCUT2D eigenvalue weighted by Gasteiger charge is -2.35. The highest BCUT2D eigenvalue weighted by atomic mass is 79.9. The summed E-state index contributed by atoms with van der Waals surface area (Å²) in [5.41, 5.74) is -0.438. The van der Waals surface area contributed by atoms with Crippen LogP contribution in [0.25, 0.3) is 0 Å². The first-order chi connectivity index (χ1) is 11.7. The molecule has 0 radical (unpaired) electrons. The van der Waals surface area contributed by atoms with Gasteiger partial charge in [-0.1, -0.05) is 33.9 Å². The molecule has 7 heteroatoms. The van der Waals surface area contributed by atoms with Crippen LogP contribution in [0.1, 0.15) is 65.2 Å². The molecule has 0 aromatic carbocycles. The maximum Gasteiger partial charge on any atom is 0.410 e. The molecule has 0 unspecified atom stereocenters. The summed E-state index contributed by atoms with van der Waals surface area (Å²) < 4.78 is 7.83. The average Bonchev–Trinajstić information content (AvgIpc) is 2.87. The van der Waals surface area contributed by atoms with Gasteiger partial charge in [0.25, 0.3) is 0 Å². The van der Waals surface area contributed by atoms with Gasteiger partial charge in [0.15, 0.2) is 0 Å². The van der Waals surface area contributed by atoms with Crippen LogP contribution in [0.15, 0.2) is 4.60 Å². The third-order valence-electron chi connectivity index (χ3n) is 5.54. The summed E-state index contributed by atoms with van der Waals surface area (Å²) >= 11 is 5.60. The third kappa shape index (κ3) is 4.90. The van der Waals surface area contributed by atoms with Crippen LogP contribution in [0.2, 0.25) is 18.1 Å². The van der Waals surface area contributed by atoms with Crippen LogP contribution < -0.4 is 4.63 Å². The minimum atomic E-state index is -1.62. The molecule has 2 heterocycles. The molecule has 1 saturated heterocycles. The van der Waals surface area contributed by atoms with Crippen LogP contribution in [0.4, 0.5) is 4.79 Å². The Hall–Kier alpha value is -0.403. The van der Waals surface area contributed by atoms with Gasteiger partial charge in [-0.3, -0.25) is 0 Å². The van der Waals surface area contributed by atoms with E-state index in [1.165, 1.54) is 9.51 Å². The zero-order valence-electron chi connectivity index (χ0n) is 17.4. The molecule has 4 nitrogen and oxygen atoms in total. The summed E-state index contributed by atoms with van der Waals surface area (Å²) in [6, 6.07) is 0. The minimum Gasteiger partial charge on any atom is -0.444 e. The Morgan fingerprint density at radius 2 is 1.73 bits per heavy atom. The molecule has 0 atom stereocenters. The van der Waals surface area contributed by atoms with E-state index in [-0.39, 0.29) is 11.1 Å². The predicted molar refractivity (Wildman–Crippen MR) is 116 cm³/mol. The smallest absolute Gasteiger partial charge is 0.410 e. The molecule has 26 heavy (non-hydrogen) atoms. The van der Waals surface area contributed by atoms with E-state index in [1.54, 1.807) is 0 Å². The number of aromatic nitrogens is 1. The van der Waals surface area contributed by atoms with Crippen molar-refractivity contribution in [2.24, 2.45) is 0 Å². The molecule has 0 N–H and O–H groups in total. The van der Waals surface area contributed by atoms with Gasteiger partial charge in [0.2, 0.25) is 0 Å². The first-order valence-corrected chi connectivity index (χ1v) is 14.0. The van der Waals surface area contributed by atoms with Crippen molar-refractivity contribution in [3.8, 4) is 0 Å². The maximum atomic E-state index is 12.3. The van der Waals surface area contributed by atoms with Crippen molar-refractivity contribution in [1.82, 2.24) is 9.88 Å². The van der Waals surface area contributed by atoms with Crippen molar-refractivity contribution in [1.29, 1.82) is 0 Å². The second kappa shape index (κ2) is 7.55. The largest absolute Gasteiger partial charge is 0.444 e. The van der Waals surface area contributed by atoms with Gasteiger partial charge in [-0.25, -0.2) is 9.78 Å². The predicted octanol–water partition coefficient (Wildman–Crippen LogP) is 5.74. The van der Waals surface area contributed by atoms with Crippen molar-refractivity contribution in [2.45, 2.75) is 84.0 Å². The first-order valence-electron chi connectivity index (χ1n) is 9.37. The fraction of sp³-hybridized carbons (Fsp3) is 0.789. The average molecular weight is 462 g/mol. The molecular formula is C19H33BrN2O2SSi. The second-order valence-electron chi connectivity index (χ2n) is 9.79. The Morgan fingerprint density at radius 1 is 1.19 bits per heavy atom. The van der Waals surface area contributed by atoms with E-state index < -0.39 is 13.7 Å². The number of likely N-dealkylation sites (tertiary alicyclic amines) is 1. The highest BCUT2D eigenvalue weighted by Gasteiger charge is 2.41. The summed E-state index contributed by atoms with van der Waals surface area (Å²) in [6.07, 6.45) is 1.75. The van der Waals surface area contributed by atoms with Gasteiger partial charge < -0.3 is 9.64 Å². The lowest BCUT2D eigenvalue weighted by Crippen LogP contribution is -2.49. The first kappa shape index (κ1) is 21.9. The normalized spacial score (nSPS) is 17.5. The number of thiazole rings is 1. The second-order valence-corrected chi connectivity index (χ2v) is 17.2. The number of halogens is 1. The van der Waals surface area contributed by atoms with E-state index in [0.29, 0.717) is 5.92 Å². The van der Waals surface area contributed by atoms with Crippen LogP contribution in [0, 0.1) is 0 Å². The van der Waals surface area contributed by atoms with E-state index in [1.807, 2.05) is 37.0 Å². The van der Waals surface area contributed by atoms with Gasteiger partial charge in [0, 0.05) is 18.0 Å². The Balaban J connectivity index is 2.08. The van der Waals surface area contributed by atoms with E-state index in [9.17, 15) is 4.79 Å². The van der Waals surface area contributed by atoms with Gasteiger partial charge in [0.1, 0.15) is 18.3 Å². The summed E-state index contributed by atoms with van der Waals surface area (Å²) in [7, 11) is -1.62. The highest BCUT2D eigenvalue weighted by Crippen LogP contribution is 2.40. The third-order valence-corrected chi connectivity index (χ3v) is 14.2. The molecule has 0 aliphatic carbocycles. The summed E-state index contributed by atoms with van der Waals surface area (Å²) in [5.74, 6) is 0.471. The summed E-state index contributed by atoms with van der Waals surface area (Å²) in [6.45, 7) is 19.0. The van der Waals surface area contributed by atoms with Crippen LogP contribution in [-0.4, -0.2) is 42.7 Å². The number of hydrogen-bond donors (Lipinski definition) is 0. The van der Waals surface area contributed by atoms with Crippen molar-refractivity contribution in [2.75, 3.05) is 13.1 Å². The van der Waals surface area contributed by atoms with Gasteiger partial charge >= 0.3 is 6.09 Å². The number of hydrogen-bond acceptors (Lipinski definition) is 4. The lowest BCUT2D eigenvalue weighted by atomic mass is 9.96. The van der Waals surface area contributed by atoms with Crippen LogP contribution in [0.3, 0.4) is 0 Å². The molecule has 1 aromatic heterocycles. The number of carbonyl (C=O) groups excluding carboxylic acids is 1. The Kier molecular flexibility index (Phi) is 6.36. The molecule has 0 spiro atoms. The maximum absolute atomic E-state index is 12.3. The quantitative estimate of drug-likeness (QED) is 0.528. The minimum absolute atomic E-state index is 0.193. The molecule has 0 saturated carbocycles. The number of nitrogens with zero attached hydrogens (tertiary/aromatic N) is 2. The SMILES string of the molecule is CC(C)(C)OC(=O)N1CCC(c2sc([Si](C)(C)C(C)(C)C)nc2Br)CC1. The van der Waals surface area contributed by atoms with Crippen molar-refractivity contribution in [3.05, 3.63) is 9.48 Å². The number of carbonyl (C=O) groups is 1. The molecule has 0 bridgehead atoms. The van der Waals surface area contributed by atoms with E-state index in [2.05, 4.69) is 49.8 Å². The number of ether oxygens (including phenoxy) is 1. The Labute approximate surface area is 171 Å². The van der Waals surface area contributed by atoms with E-state index >= 15 is 0 Å². The highest BCUT2D eigenvalue weighted by molar-refractivity contribution is 9.10. The molecular weight excluding hydrogens is 428 g/mol. The summed E-state index contributed by atoms with van der Waals surface area (Å²) in [5, 5.41) is 0.279. The Bertz CT molecular complexity index is 653. The van der Waals surface area contributed by atoms with Crippen LogP contribution in [0.5, 0.6) is 0 Å². The van der Waals surface area contributed by atoms with Gasteiger partial charge in [-0.05, 0) is 60.5 Å². The molecule has 1 amide bonds. The Morgan fingerprint density at radius 3 is 2.19 bits per heavy atom. The van der Waals surface area contributed by atoms with Gasteiger partial charge in [-0.2, -0.15) is 0 Å². The fourth-order valence-electron chi connectivity index (χ4n) is 2.80. The van der Waals surface area contributed by atoms with Crippen molar-refractivity contribution >= 4 is 46.1 Å². The molecule has 1 fully saturated rings. The van der Waals surface area contributed by atoms with E-state index in [4.69, 9.17) is 9.72 Å². The van der Waals surface area contributed by atoms with E-state index in [0.717, 1.165) is 30.5 Å². The van der Waals surface area contributed by atoms with Gasteiger partial charge in [-0.15, -0.1) is 11.3 Å². The lowest BCUT2D eigenvalue weighted by molar-refractivity contribution is 0.0205. The topological polar surface area (TPSA) is 42.4 Å².